The zero-order valence-electron chi connectivity index (χ0n) is 15.8. The van der Waals surface area contributed by atoms with Crippen molar-refractivity contribution in [2.24, 2.45) is 5.92 Å². The molecule has 1 saturated carbocycles. The molecule has 1 aliphatic carbocycles. The van der Waals surface area contributed by atoms with E-state index in [-0.39, 0.29) is 17.9 Å². The Hall–Kier alpha value is -2.66. The van der Waals surface area contributed by atoms with E-state index in [1.807, 2.05) is 31.2 Å². The van der Waals surface area contributed by atoms with Gasteiger partial charge in [-0.05, 0) is 49.4 Å². The number of hydrogen-bond acceptors (Lipinski definition) is 3. The molecule has 28 heavy (non-hydrogen) atoms. The predicted octanol–water partition coefficient (Wildman–Crippen LogP) is 4.74. The molecule has 0 bridgehead atoms. The fourth-order valence-electron chi connectivity index (χ4n) is 3.94. The van der Waals surface area contributed by atoms with Crippen LogP contribution in [0.25, 0.3) is 22.5 Å². The average Bonchev–Trinajstić information content (AvgIpc) is 3.38. The Kier molecular flexibility index (Phi) is 5.44. The van der Waals surface area contributed by atoms with Gasteiger partial charge in [0.25, 0.3) is 0 Å². The SMILES string of the molecule is CCNC(=O)C1CC[C@@H](n2cnnc2-c2ccc(-c3ccc(Cl)cc3)cc2)C1. The van der Waals surface area contributed by atoms with Crippen molar-refractivity contribution in [2.75, 3.05) is 6.54 Å². The molecular formula is C22H23ClN4O. The first-order valence-electron chi connectivity index (χ1n) is 9.69. The van der Waals surface area contributed by atoms with Crippen LogP contribution in [-0.4, -0.2) is 27.2 Å². The maximum atomic E-state index is 12.1. The fraction of sp³-hybridized carbons (Fsp3) is 0.318. The molecule has 2 atom stereocenters. The summed E-state index contributed by atoms with van der Waals surface area (Å²) in [5, 5.41) is 12.2. The minimum Gasteiger partial charge on any atom is -0.356 e. The largest absolute Gasteiger partial charge is 0.356 e. The van der Waals surface area contributed by atoms with Crippen molar-refractivity contribution in [1.82, 2.24) is 20.1 Å². The number of carbonyl (C=O) groups excluding carboxylic acids is 1. The molecule has 1 heterocycles. The number of aromatic nitrogens is 3. The van der Waals surface area contributed by atoms with Gasteiger partial charge in [-0.3, -0.25) is 4.79 Å². The summed E-state index contributed by atoms with van der Waals surface area (Å²) in [7, 11) is 0. The Labute approximate surface area is 169 Å². The monoisotopic (exact) mass is 394 g/mol. The fourth-order valence-corrected chi connectivity index (χ4v) is 4.06. The van der Waals surface area contributed by atoms with Crippen LogP contribution in [0.5, 0.6) is 0 Å². The summed E-state index contributed by atoms with van der Waals surface area (Å²) in [6.07, 6.45) is 4.49. The van der Waals surface area contributed by atoms with Crippen LogP contribution < -0.4 is 5.32 Å². The highest BCUT2D eigenvalue weighted by atomic mass is 35.5. The summed E-state index contributed by atoms with van der Waals surface area (Å²) in [6, 6.07) is 16.4. The summed E-state index contributed by atoms with van der Waals surface area (Å²) < 4.78 is 2.12. The lowest BCUT2D eigenvalue weighted by Crippen LogP contribution is -2.29. The molecule has 0 saturated heterocycles. The number of nitrogens with zero attached hydrogens (tertiary/aromatic N) is 3. The molecule has 1 amide bonds. The van der Waals surface area contributed by atoms with Gasteiger partial charge in [-0.1, -0.05) is 48.0 Å². The number of halogens is 1. The molecular weight excluding hydrogens is 372 g/mol. The van der Waals surface area contributed by atoms with Gasteiger partial charge in [-0.2, -0.15) is 0 Å². The number of carbonyl (C=O) groups is 1. The van der Waals surface area contributed by atoms with Crippen LogP contribution in [0.15, 0.2) is 54.9 Å². The van der Waals surface area contributed by atoms with E-state index in [0.717, 1.165) is 46.8 Å². The van der Waals surface area contributed by atoms with Gasteiger partial charge in [0.1, 0.15) is 6.33 Å². The molecule has 5 nitrogen and oxygen atoms in total. The first-order valence-corrected chi connectivity index (χ1v) is 10.1. The van der Waals surface area contributed by atoms with Crippen LogP contribution in [0, 0.1) is 5.92 Å². The van der Waals surface area contributed by atoms with Gasteiger partial charge in [-0.25, -0.2) is 0 Å². The molecule has 1 fully saturated rings. The first kappa shape index (κ1) is 18.7. The molecule has 1 unspecified atom stereocenters. The van der Waals surface area contributed by atoms with Crippen molar-refractivity contribution in [3.8, 4) is 22.5 Å². The predicted molar refractivity (Wildman–Crippen MR) is 111 cm³/mol. The smallest absolute Gasteiger partial charge is 0.223 e. The lowest BCUT2D eigenvalue weighted by atomic mass is 10.0. The van der Waals surface area contributed by atoms with Crippen molar-refractivity contribution < 1.29 is 4.79 Å². The second-order valence-corrected chi connectivity index (χ2v) is 7.64. The maximum absolute atomic E-state index is 12.1. The summed E-state index contributed by atoms with van der Waals surface area (Å²) in [5.41, 5.74) is 3.28. The zero-order chi connectivity index (χ0) is 19.5. The van der Waals surface area contributed by atoms with Crippen LogP contribution in [0.1, 0.15) is 32.2 Å². The molecule has 0 spiro atoms. The lowest BCUT2D eigenvalue weighted by molar-refractivity contribution is -0.124. The molecule has 0 radical (unpaired) electrons. The van der Waals surface area contributed by atoms with Gasteiger partial charge in [0.05, 0.1) is 0 Å². The minimum absolute atomic E-state index is 0.0764. The van der Waals surface area contributed by atoms with E-state index in [1.165, 1.54) is 0 Å². The van der Waals surface area contributed by atoms with Crippen LogP contribution in [0.2, 0.25) is 5.02 Å². The quantitative estimate of drug-likeness (QED) is 0.679. The molecule has 1 N–H and O–H groups in total. The van der Waals surface area contributed by atoms with Gasteiger partial charge in [0, 0.05) is 29.1 Å². The normalized spacial score (nSPS) is 18.9. The third-order valence-electron chi connectivity index (χ3n) is 5.41. The van der Waals surface area contributed by atoms with E-state index < -0.39 is 0 Å². The van der Waals surface area contributed by atoms with Gasteiger partial charge in [-0.15, -0.1) is 10.2 Å². The van der Waals surface area contributed by atoms with Crippen molar-refractivity contribution in [2.45, 2.75) is 32.2 Å². The molecule has 3 aromatic rings. The van der Waals surface area contributed by atoms with Crippen LogP contribution >= 0.6 is 11.6 Å². The van der Waals surface area contributed by atoms with Crippen molar-refractivity contribution in [1.29, 1.82) is 0 Å². The van der Waals surface area contributed by atoms with E-state index in [2.05, 4.69) is 44.3 Å². The molecule has 144 valence electrons. The maximum Gasteiger partial charge on any atom is 0.223 e. The standard InChI is InChI=1S/C22H23ClN4O/c1-2-24-22(28)18-9-12-20(13-18)27-14-25-26-21(27)17-5-3-15(4-6-17)16-7-10-19(23)11-8-16/h3-8,10-11,14,18,20H,2,9,12-13H2,1H3,(H,24,28)/t18?,20-/m1/s1. The van der Waals surface area contributed by atoms with E-state index in [4.69, 9.17) is 11.6 Å². The molecule has 6 heteroatoms. The van der Waals surface area contributed by atoms with Crippen LogP contribution in [0.4, 0.5) is 0 Å². The highest BCUT2D eigenvalue weighted by Crippen LogP contribution is 2.37. The first-order chi connectivity index (χ1) is 13.7. The number of amides is 1. The summed E-state index contributed by atoms with van der Waals surface area (Å²) in [5.74, 6) is 1.09. The van der Waals surface area contributed by atoms with Gasteiger partial charge in [0.15, 0.2) is 5.82 Å². The Morgan fingerprint density at radius 2 is 1.71 bits per heavy atom. The Morgan fingerprint density at radius 3 is 2.39 bits per heavy atom. The van der Waals surface area contributed by atoms with E-state index in [0.29, 0.717) is 6.54 Å². The van der Waals surface area contributed by atoms with E-state index >= 15 is 0 Å². The van der Waals surface area contributed by atoms with Crippen LogP contribution in [0.3, 0.4) is 0 Å². The lowest BCUT2D eigenvalue weighted by Gasteiger charge is -2.15. The van der Waals surface area contributed by atoms with Gasteiger partial charge >= 0.3 is 0 Å². The van der Waals surface area contributed by atoms with Gasteiger partial charge in [0.2, 0.25) is 5.91 Å². The average molecular weight is 395 g/mol. The topological polar surface area (TPSA) is 59.8 Å². The molecule has 1 aromatic heterocycles. The second kappa shape index (κ2) is 8.15. The molecule has 4 rings (SSSR count). The van der Waals surface area contributed by atoms with Crippen molar-refractivity contribution in [3.05, 3.63) is 59.9 Å². The summed E-state index contributed by atoms with van der Waals surface area (Å²) in [4.78, 5) is 12.1. The van der Waals surface area contributed by atoms with Crippen molar-refractivity contribution in [3.63, 3.8) is 0 Å². The number of hydrogen-bond donors (Lipinski definition) is 1. The highest BCUT2D eigenvalue weighted by Gasteiger charge is 2.31. The number of rotatable bonds is 5. The highest BCUT2D eigenvalue weighted by molar-refractivity contribution is 6.30. The van der Waals surface area contributed by atoms with E-state index in [9.17, 15) is 4.79 Å². The Bertz CT molecular complexity index is 949. The number of benzene rings is 2. The van der Waals surface area contributed by atoms with E-state index in [1.54, 1.807) is 6.33 Å². The number of nitrogens with one attached hydrogen (secondary N) is 1. The summed E-state index contributed by atoms with van der Waals surface area (Å²) >= 11 is 5.98. The third-order valence-corrected chi connectivity index (χ3v) is 5.67. The van der Waals surface area contributed by atoms with Gasteiger partial charge < -0.3 is 9.88 Å². The Morgan fingerprint density at radius 1 is 1.07 bits per heavy atom. The second-order valence-electron chi connectivity index (χ2n) is 7.20. The Balaban J connectivity index is 1.53. The zero-order valence-corrected chi connectivity index (χ0v) is 16.6. The van der Waals surface area contributed by atoms with Crippen molar-refractivity contribution >= 4 is 17.5 Å². The molecule has 2 aromatic carbocycles. The third kappa shape index (κ3) is 3.80. The molecule has 1 aliphatic rings. The minimum atomic E-state index is 0.0764. The molecule has 0 aliphatic heterocycles. The summed E-state index contributed by atoms with van der Waals surface area (Å²) in [6.45, 7) is 2.63. The van der Waals surface area contributed by atoms with Crippen LogP contribution in [-0.2, 0) is 4.79 Å².